The highest BCUT2D eigenvalue weighted by atomic mass is 35.5. The fourth-order valence-corrected chi connectivity index (χ4v) is 4.55. The highest BCUT2D eigenvalue weighted by molar-refractivity contribution is 7.90. The lowest BCUT2D eigenvalue weighted by atomic mass is 10.1. The number of anilines is 2. The van der Waals surface area contributed by atoms with E-state index in [1.807, 2.05) is 7.05 Å². The van der Waals surface area contributed by atoms with Crippen molar-refractivity contribution in [1.82, 2.24) is 14.9 Å². The summed E-state index contributed by atoms with van der Waals surface area (Å²) in [5.41, 5.74) is 0.274. The number of ether oxygens (including phenoxy) is 1. The summed E-state index contributed by atoms with van der Waals surface area (Å²) < 4.78 is 30.4. The number of nitrogens with one attached hydrogen (secondary N) is 2. The minimum Gasteiger partial charge on any atom is -0.489 e. The number of piperidine rings is 1. The molecular formula is C25H27Cl2N5O5S. The average molecular weight is 580 g/mol. The maximum absolute atomic E-state index is 13.3. The molecule has 0 spiro atoms. The van der Waals surface area contributed by atoms with E-state index < -0.39 is 21.7 Å². The van der Waals surface area contributed by atoms with Crippen LogP contribution >= 0.6 is 24.0 Å². The number of carbonyl (C=O) groups excluding carboxylic acids is 2. The van der Waals surface area contributed by atoms with E-state index in [2.05, 4.69) is 25.5 Å². The third-order valence-electron chi connectivity index (χ3n) is 5.83. The Bertz CT molecular complexity index is 1410. The van der Waals surface area contributed by atoms with Gasteiger partial charge in [-0.2, -0.15) is 0 Å². The monoisotopic (exact) mass is 579 g/mol. The third-order valence-corrected chi connectivity index (χ3v) is 7.16. The summed E-state index contributed by atoms with van der Waals surface area (Å²) in [5, 5.41) is 5.74. The highest BCUT2D eigenvalue weighted by Gasteiger charge is 2.24. The molecular weight excluding hydrogens is 553 g/mol. The van der Waals surface area contributed by atoms with Gasteiger partial charge < -0.3 is 20.3 Å². The smallest absolute Gasteiger partial charge is 0.277 e. The Kier molecular flexibility index (Phi) is 9.66. The Balaban J connectivity index is 0.00000400. The number of hydrogen-bond acceptors (Lipinski definition) is 8. The second-order valence-electron chi connectivity index (χ2n) is 8.72. The molecule has 0 saturated carbocycles. The first kappa shape index (κ1) is 29.3. The van der Waals surface area contributed by atoms with Gasteiger partial charge >= 0.3 is 0 Å². The molecule has 1 fully saturated rings. The van der Waals surface area contributed by atoms with Crippen molar-refractivity contribution in [2.24, 2.45) is 0 Å². The predicted octanol–water partition coefficient (Wildman–Crippen LogP) is 3.93. The van der Waals surface area contributed by atoms with Gasteiger partial charge in [-0.05, 0) is 62.4 Å². The first-order valence-electron chi connectivity index (χ1n) is 11.5. The summed E-state index contributed by atoms with van der Waals surface area (Å²) >= 11 is 5.84. The number of halogens is 2. The van der Waals surface area contributed by atoms with Gasteiger partial charge in [0.1, 0.15) is 17.7 Å². The summed E-state index contributed by atoms with van der Waals surface area (Å²) in [5.74, 6) is -0.728. The molecule has 0 bridgehead atoms. The van der Waals surface area contributed by atoms with Crippen molar-refractivity contribution in [2.75, 3.05) is 37.0 Å². The van der Waals surface area contributed by atoms with Crippen LogP contribution < -0.4 is 15.4 Å². The number of aromatic nitrogens is 2. The van der Waals surface area contributed by atoms with Gasteiger partial charge in [-0.15, -0.1) is 12.4 Å². The number of nitrogens with zero attached hydrogens (tertiary/aromatic N) is 3. The normalized spacial score (nSPS) is 14.3. The summed E-state index contributed by atoms with van der Waals surface area (Å²) in [6.45, 7) is 1.66. The first-order valence-corrected chi connectivity index (χ1v) is 13.8. The number of sulfone groups is 1. The molecule has 0 aliphatic carbocycles. The minimum absolute atomic E-state index is 0. The molecule has 4 rings (SSSR count). The van der Waals surface area contributed by atoms with E-state index in [1.165, 1.54) is 42.7 Å². The van der Waals surface area contributed by atoms with Crippen LogP contribution in [0.2, 0.25) is 5.02 Å². The third kappa shape index (κ3) is 7.41. The molecule has 2 amide bonds. The molecule has 10 nitrogen and oxygen atoms in total. The molecule has 3 aromatic rings. The van der Waals surface area contributed by atoms with E-state index in [0.29, 0.717) is 5.02 Å². The van der Waals surface area contributed by atoms with Gasteiger partial charge in [0.2, 0.25) is 0 Å². The Labute approximate surface area is 232 Å². The number of carbonyl (C=O) groups is 2. The maximum atomic E-state index is 13.3. The zero-order valence-corrected chi connectivity index (χ0v) is 23.1. The van der Waals surface area contributed by atoms with Gasteiger partial charge in [0, 0.05) is 31.7 Å². The van der Waals surface area contributed by atoms with Gasteiger partial charge in [-0.3, -0.25) is 9.59 Å². The van der Waals surface area contributed by atoms with Crippen LogP contribution in [0, 0.1) is 0 Å². The Morgan fingerprint density at radius 3 is 2.45 bits per heavy atom. The van der Waals surface area contributed by atoms with Gasteiger partial charge in [0.15, 0.2) is 15.5 Å². The number of rotatable bonds is 7. The molecule has 1 aliphatic heterocycles. The molecule has 3 heterocycles. The number of pyridine rings is 2. The summed E-state index contributed by atoms with van der Waals surface area (Å²) in [6.07, 6.45) is 5.24. The summed E-state index contributed by atoms with van der Waals surface area (Å²) in [6, 6.07) is 10.4. The molecule has 0 radical (unpaired) electrons. The number of amides is 2. The van der Waals surface area contributed by atoms with E-state index in [9.17, 15) is 18.0 Å². The van der Waals surface area contributed by atoms with E-state index in [-0.39, 0.29) is 51.9 Å². The Hall–Kier alpha value is -3.25. The summed E-state index contributed by atoms with van der Waals surface area (Å²) in [4.78, 5) is 36.5. The van der Waals surface area contributed by atoms with Crippen LogP contribution in [0.5, 0.6) is 5.75 Å². The van der Waals surface area contributed by atoms with E-state index in [4.69, 9.17) is 16.3 Å². The van der Waals surface area contributed by atoms with E-state index in [0.717, 1.165) is 32.2 Å². The van der Waals surface area contributed by atoms with Gasteiger partial charge in [0.05, 0.1) is 21.2 Å². The second-order valence-corrected chi connectivity index (χ2v) is 11.2. The highest BCUT2D eigenvalue weighted by Crippen LogP contribution is 2.28. The van der Waals surface area contributed by atoms with Crippen molar-refractivity contribution >= 4 is 57.2 Å². The number of benzene rings is 1. The lowest BCUT2D eigenvalue weighted by Gasteiger charge is -2.30. The molecule has 202 valence electrons. The molecule has 1 aromatic carbocycles. The predicted molar refractivity (Wildman–Crippen MR) is 147 cm³/mol. The molecule has 2 N–H and O–H groups in total. The molecule has 13 heteroatoms. The molecule has 38 heavy (non-hydrogen) atoms. The lowest BCUT2D eigenvalue weighted by molar-refractivity contribution is 0.0988. The SMILES string of the molecule is CN1CCC(Oc2cc(S(C)(=O)=O)ccc2C(=O)Nc2cccnc2C(=O)Nc2ccc(Cl)cn2)CC1.Cl. The quantitative estimate of drug-likeness (QED) is 0.430. The van der Waals surface area contributed by atoms with Crippen molar-refractivity contribution < 1.29 is 22.7 Å². The van der Waals surface area contributed by atoms with Crippen molar-refractivity contribution in [1.29, 1.82) is 0 Å². The second kappa shape index (κ2) is 12.5. The lowest BCUT2D eigenvalue weighted by Crippen LogP contribution is -2.36. The van der Waals surface area contributed by atoms with Crippen LogP contribution in [-0.2, 0) is 9.84 Å². The number of hydrogen-bond donors (Lipinski definition) is 2. The van der Waals surface area contributed by atoms with E-state index >= 15 is 0 Å². The molecule has 1 saturated heterocycles. The Morgan fingerprint density at radius 2 is 1.79 bits per heavy atom. The van der Waals surface area contributed by atoms with Gasteiger partial charge in [-0.25, -0.2) is 18.4 Å². The van der Waals surface area contributed by atoms with Crippen molar-refractivity contribution in [2.45, 2.75) is 23.8 Å². The minimum atomic E-state index is -3.52. The van der Waals surface area contributed by atoms with Crippen LogP contribution in [-0.4, -0.2) is 67.6 Å². The van der Waals surface area contributed by atoms with Crippen LogP contribution in [0.15, 0.2) is 59.8 Å². The van der Waals surface area contributed by atoms with Crippen LogP contribution in [0.25, 0.3) is 0 Å². The fraction of sp³-hybridized carbons (Fsp3) is 0.280. The molecule has 1 aliphatic rings. The van der Waals surface area contributed by atoms with Gasteiger partial charge in [-0.1, -0.05) is 11.6 Å². The zero-order valence-electron chi connectivity index (χ0n) is 20.7. The van der Waals surface area contributed by atoms with Crippen molar-refractivity contribution in [3.05, 3.63) is 71.1 Å². The average Bonchev–Trinajstić information content (AvgIpc) is 2.86. The summed E-state index contributed by atoms with van der Waals surface area (Å²) in [7, 11) is -1.51. The maximum Gasteiger partial charge on any atom is 0.277 e. The largest absolute Gasteiger partial charge is 0.489 e. The van der Waals surface area contributed by atoms with Crippen molar-refractivity contribution in [3.8, 4) is 5.75 Å². The molecule has 0 atom stereocenters. The van der Waals surface area contributed by atoms with Crippen molar-refractivity contribution in [3.63, 3.8) is 0 Å². The first-order chi connectivity index (χ1) is 17.6. The van der Waals surface area contributed by atoms with E-state index in [1.54, 1.807) is 12.1 Å². The van der Waals surface area contributed by atoms with Crippen LogP contribution in [0.4, 0.5) is 11.5 Å². The standard InChI is InChI=1S/C25H26ClN5O5S.ClH/c1-31-12-9-17(10-13-31)36-21-14-18(37(2,34)35)6-7-19(21)24(32)29-20-4-3-11-27-23(20)25(33)30-22-8-5-16(26)15-28-22;/h3-8,11,14-15,17H,9-10,12-13H2,1-2H3,(H,29,32)(H,28,30,33);1H. The van der Waals surface area contributed by atoms with Crippen LogP contribution in [0.3, 0.4) is 0 Å². The Morgan fingerprint density at radius 1 is 1.05 bits per heavy atom. The van der Waals surface area contributed by atoms with Crippen LogP contribution in [0.1, 0.15) is 33.7 Å². The fourth-order valence-electron chi connectivity index (χ4n) is 3.80. The molecule has 0 unspecified atom stereocenters. The molecule has 2 aromatic heterocycles. The van der Waals surface area contributed by atoms with Gasteiger partial charge in [0.25, 0.3) is 11.8 Å². The number of likely N-dealkylation sites (tertiary alicyclic amines) is 1. The zero-order chi connectivity index (χ0) is 26.6. The topological polar surface area (TPSA) is 131 Å².